The van der Waals surface area contributed by atoms with Crippen molar-refractivity contribution in [3.8, 4) is 0 Å². The summed E-state index contributed by atoms with van der Waals surface area (Å²) in [4.78, 5) is 51.4. The molecule has 7 nitrogen and oxygen atoms in total. The van der Waals surface area contributed by atoms with Gasteiger partial charge in [-0.1, -0.05) is 30.3 Å². The van der Waals surface area contributed by atoms with Crippen molar-refractivity contribution in [3.05, 3.63) is 58.4 Å². The highest BCUT2D eigenvalue weighted by molar-refractivity contribution is 6.05. The van der Waals surface area contributed by atoms with Crippen molar-refractivity contribution < 1.29 is 23.9 Å². The van der Waals surface area contributed by atoms with E-state index in [1.54, 1.807) is 26.0 Å². The fraction of sp³-hybridized carbons (Fsp3) is 0.364. The van der Waals surface area contributed by atoms with Crippen LogP contribution in [-0.4, -0.2) is 34.5 Å². The SMILES string of the molecule is CC(=O)N[C@H](CC(=O)O[C@@H](C)C(=O)c1[nH]c(C)c(C(C)=O)c1C)c1ccccc1. The lowest BCUT2D eigenvalue weighted by atomic mass is 10.0. The average molecular weight is 398 g/mol. The molecular weight excluding hydrogens is 372 g/mol. The maximum Gasteiger partial charge on any atom is 0.308 e. The van der Waals surface area contributed by atoms with E-state index >= 15 is 0 Å². The molecule has 0 spiro atoms. The summed E-state index contributed by atoms with van der Waals surface area (Å²) in [6.45, 7) is 7.70. The molecule has 7 heteroatoms. The lowest BCUT2D eigenvalue weighted by molar-refractivity contribution is -0.147. The van der Waals surface area contributed by atoms with Crippen LogP contribution >= 0.6 is 0 Å². The number of aromatic nitrogens is 1. The first-order valence-electron chi connectivity index (χ1n) is 9.37. The van der Waals surface area contributed by atoms with Gasteiger partial charge in [0.1, 0.15) is 0 Å². The van der Waals surface area contributed by atoms with E-state index in [0.29, 0.717) is 16.8 Å². The van der Waals surface area contributed by atoms with E-state index in [4.69, 9.17) is 4.74 Å². The first kappa shape index (κ1) is 22.1. The third kappa shape index (κ3) is 5.40. The van der Waals surface area contributed by atoms with Gasteiger partial charge in [0.15, 0.2) is 11.9 Å². The number of ether oxygens (including phenoxy) is 1. The van der Waals surface area contributed by atoms with Gasteiger partial charge in [0, 0.05) is 18.2 Å². The fourth-order valence-corrected chi connectivity index (χ4v) is 3.38. The highest BCUT2D eigenvalue weighted by Gasteiger charge is 2.27. The molecule has 2 rings (SSSR count). The van der Waals surface area contributed by atoms with E-state index in [9.17, 15) is 19.2 Å². The number of aryl methyl sites for hydroxylation is 1. The van der Waals surface area contributed by atoms with Gasteiger partial charge in [-0.3, -0.25) is 19.2 Å². The summed E-state index contributed by atoms with van der Waals surface area (Å²) < 4.78 is 5.32. The molecule has 29 heavy (non-hydrogen) atoms. The minimum absolute atomic E-state index is 0.108. The topological polar surface area (TPSA) is 105 Å². The predicted molar refractivity (Wildman–Crippen MR) is 108 cm³/mol. The number of rotatable bonds is 8. The van der Waals surface area contributed by atoms with Crippen molar-refractivity contribution in [2.75, 3.05) is 0 Å². The van der Waals surface area contributed by atoms with Crippen LogP contribution < -0.4 is 5.32 Å². The first-order chi connectivity index (χ1) is 13.6. The highest BCUT2D eigenvalue weighted by Crippen LogP contribution is 2.22. The molecule has 0 saturated heterocycles. The second kappa shape index (κ2) is 9.32. The van der Waals surface area contributed by atoms with E-state index in [0.717, 1.165) is 5.56 Å². The van der Waals surface area contributed by atoms with Crippen LogP contribution in [0.3, 0.4) is 0 Å². The monoisotopic (exact) mass is 398 g/mol. The molecular formula is C22H26N2O5. The Hall–Kier alpha value is -3.22. The lowest BCUT2D eigenvalue weighted by Gasteiger charge is -2.19. The summed E-state index contributed by atoms with van der Waals surface area (Å²) in [6.07, 6.45) is -1.14. The summed E-state index contributed by atoms with van der Waals surface area (Å²) in [5, 5.41) is 2.73. The fourth-order valence-electron chi connectivity index (χ4n) is 3.38. The number of hydrogen-bond acceptors (Lipinski definition) is 5. The van der Waals surface area contributed by atoms with Gasteiger partial charge in [-0.05, 0) is 38.8 Å². The van der Waals surface area contributed by atoms with Gasteiger partial charge in [0.2, 0.25) is 11.7 Å². The number of hydrogen-bond donors (Lipinski definition) is 2. The van der Waals surface area contributed by atoms with E-state index < -0.39 is 23.9 Å². The zero-order chi connectivity index (χ0) is 21.7. The van der Waals surface area contributed by atoms with Crippen LogP contribution in [0.15, 0.2) is 30.3 Å². The van der Waals surface area contributed by atoms with Gasteiger partial charge >= 0.3 is 5.97 Å². The molecule has 154 valence electrons. The number of H-pyrrole nitrogens is 1. The van der Waals surface area contributed by atoms with Gasteiger partial charge in [-0.15, -0.1) is 0 Å². The van der Waals surface area contributed by atoms with Crippen LogP contribution in [0.1, 0.15) is 70.9 Å². The zero-order valence-corrected chi connectivity index (χ0v) is 17.3. The van der Waals surface area contributed by atoms with Crippen molar-refractivity contribution in [1.29, 1.82) is 0 Å². The molecule has 0 radical (unpaired) electrons. The Morgan fingerprint density at radius 2 is 1.69 bits per heavy atom. The summed E-state index contributed by atoms with van der Waals surface area (Å²) in [5.41, 5.74) is 2.65. The number of amides is 1. The Morgan fingerprint density at radius 3 is 2.21 bits per heavy atom. The van der Waals surface area contributed by atoms with Gasteiger partial charge in [-0.2, -0.15) is 0 Å². The first-order valence-corrected chi connectivity index (χ1v) is 9.37. The molecule has 1 amide bonds. The van der Waals surface area contributed by atoms with Crippen molar-refractivity contribution in [2.45, 2.75) is 53.2 Å². The van der Waals surface area contributed by atoms with Crippen molar-refractivity contribution in [2.24, 2.45) is 0 Å². The number of benzene rings is 1. The van der Waals surface area contributed by atoms with Gasteiger partial charge in [0.05, 0.1) is 18.2 Å². The molecule has 0 saturated carbocycles. The Morgan fingerprint density at radius 1 is 1.07 bits per heavy atom. The third-order valence-electron chi connectivity index (χ3n) is 4.66. The molecule has 0 aliphatic heterocycles. The predicted octanol–water partition coefficient (Wildman–Crippen LogP) is 3.22. The summed E-state index contributed by atoms with van der Waals surface area (Å²) in [7, 11) is 0. The number of ketones is 2. The lowest BCUT2D eigenvalue weighted by Crippen LogP contribution is -2.31. The highest BCUT2D eigenvalue weighted by atomic mass is 16.5. The summed E-state index contributed by atoms with van der Waals surface area (Å²) in [5.74, 6) is -1.44. The van der Waals surface area contributed by atoms with Crippen LogP contribution in [0.25, 0.3) is 0 Å². The van der Waals surface area contributed by atoms with E-state index in [1.807, 2.05) is 18.2 Å². The van der Waals surface area contributed by atoms with E-state index in [2.05, 4.69) is 10.3 Å². The van der Waals surface area contributed by atoms with Crippen LogP contribution in [0.5, 0.6) is 0 Å². The van der Waals surface area contributed by atoms with Gasteiger partial charge in [-0.25, -0.2) is 0 Å². The quantitative estimate of drug-likeness (QED) is 0.525. The Labute approximate surface area is 169 Å². The van der Waals surface area contributed by atoms with Crippen LogP contribution in [-0.2, 0) is 14.3 Å². The number of carbonyl (C=O) groups is 4. The second-order valence-electron chi connectivity index (χ2n) is 7.05. The van der Waals surface area contributed by atoms with Gasteiger partial charge in [0.25, 0.3) is 0 Å². The minimum Gasteiger partial charge on any atom is -0.454 e. The summed E-state index contributed by atoms with van der Waals surface area (Å²) in [6, 6.07) is 8.51. The largest absolute Gasteiger partial charge is 0.454 e. The van der Waals surface area contributed by atoms with E-state index in [-0.39, 0.29) is 23.8 Å². The molecule has 2 atom stereocenters. The Bertz CT molecular complexity index is 930. The van der Waals surface area contributed by atoms with Crippen LogP contribution in [0.4, 0.5) is 0 Å². The molecule has 0 bridgehead atoms. The smallest absolute Gasteiger partial charge is 0.308 e. The number of aromatic amines is 1. The maximum atomic E-state index is 12.7. The standard InChI is InChI=1S/C22H26N2O5/c1-12-20(14(3)25)13(2)23-21(12)22(28)15(4)29-19(27)11-18(24-16(5)26)17-9-7-6-8-10-17/h6-10,15,18,23H,11H2,1-5H3,(H,24,26)/t15-,18+/m0/s1. The number of esters is 1. The molecule has 2 N–H and O–H groups in total. The Kier molecular flexibility index (Phi) is 7.09. The minimum atomic E-state index is -1.03. The normalized spacial score (nSPS) is 12.7. The van der Waals surface area contributed by atoms with Gasteiger partial charge < -0.3 is 15.0 Å². The van der Waals surface area contributed by atoms with Crippen LogP contribution in [0.2, 0.25) is 0 Å². The molecule has 1 aromatic carbocycles. The molecule has 0 fully saturated rings. The number of carbonyl (C=O) groups excluding carboxylic acids is 4. The van der Waals surface area contributed by atoms with E-state index in [1.165, 1.54) is 20.8 Å². The number of nitrogens with one attached hydrogen (secondary N) is 2. The molecule has 1 heterocycles. The third-order valence-corrected chi connectivity index (χ3v) is 4.66. The second-order valence-corrected chi connectivity index (χ2v) is 7.05. The van der Waals surface area contributed by atoms with Crippen molar-refractivity contribution in [3.63, 3.8) is 0 Å². The molecule has 2 aromatic rings. The Balaban J connectivity index is 2.11. The molecule has 1 aromatic heterocycles. The number of Topliss-reactive ketones (excluding diaryl/α,β-unsaturated/α-hetero) is 2. The molecule has 0 aliphatic rings. The van der Waals surface area contributed by atoms with Crippen molar-refractivity contribution in [1.82, 2.24) is 10.3 Å². The summed E-state index contributed by atoms with van der Waals surface area (Å²) >= 11 is 0. The molecule has 0 unspecified atom stereocenters. The molecule has 0 aliphatic carbocycles. The van der Waals surface area contributed by atoms with Crippen molar-refractivity contribution >= 4 is 23.4 Å². The maximum absolute atomic E-state index is 12.7. The zero-order valence-electron chi connectivity index (χ0n) is 17.3. The average Bonchev–Trinajstić information content (AvgIpc) is 2.95. The van der Waals surface area contributed by atoms with Crippen LogP contribution in [0, 0.1) is 13.8 Å².